The number of ether oxygens (including phenoxy) is 2. The molecule has 0 aromatic carbocycles. The molecule has 1 unspecified atom stereocenters. The molecule has 1 rings (SSSR count). The Labute approximate surface area is 89.7 Å². The first-order chi connectivity index (χ1) is 6.72. The third-order valence-corrected chi connectivity index (χ3v) is 2.76. The van der Waals surface area contributed by atoms with Gasteiger partial charge < -0.3 is 9.47 Å². The Morgan fingerprint density at radius 2 is 2.07 bits per heavy atom. The van der Waals surface area contributed by atoms with E-state index in [0.717, 1.165) is 25.7 Å². The summed E-state index contributed by atoms with van der Waals surface area (Å²) in [5.41, 5.74) is -0.564. The topological polar surface area (TPSA) is 35.5 Å². The highest BCUT2D eigenvalue weighted by Gasteiger charge is 2.19. The minimum Gasteiger partial charge on any atom is -0.431 e. The molecule has 4 heteroatoms. The van der Waals surface area contributed by atoms with Crippen LogP contribution in [0.1, 0.15) is 45.4 Å². The molecular formula is C10H17ClO3. The van der Waals surface area contributed by atoms with Crippen LogP contribution >= 0.6 is 11.6 Å². The molecule has 0 spiro atoms. The number of carbonyl (C=O) groups is 1. The Morgan fingerprint density at radius 1 is 1.43 bits per heavy atom. The summed E-state index contributed by atoms with van der Waals surface area (Å²) in [6.45, 7) is 1.85. The molecule has 3 nitrogen and oxygen atoms in total. The zero-order valence-corrected chi connectivity index (χ0v) is 9.26. The quantitative estimate of drug-likeness (QED) is 0.540. The molecule has 82 valence electrons. The van der Waals surface area contributed by atoms with Crippen LogP contribution < -0.4 is 0 Å². The van der Waals surface area contributed by atoms with Gasteiger partial charge in [0.15, 0.2) is 5.56 Å². The normalized spacial score (nSPS) is 20.1. The van der Waals surface area contributed by atoms with E-state index >= 15 is 0 Å². The molecule has 0 bridgehead atoms. The van der Waals surface area contributed by atoms with Gasteiger partial charge in [-0.25, -0.2) is 4.79 Å². The average molecular weight is 221 g/mol. The van der Waals surface area contributed by atoms with Gasteiger partial charge in [-0.1, -0.05) is 24.9 Å². The highest BCUT2D eigenvalue weighted by atomic mass is 35.5. The second kappa shape index (κ2) is 6.12. The Hall–Kier alpha value is -0.440. The number of hydrogen-bond donors (Lipinski definition) is 0. The molecule has 1 aliphatic carbocycles. The Kier molecular flexibility index (Phi) is 5.09. The first-order valence-electron chi connectivity index (χ1n) is 5.23. The summed E-state index contributed by atoms with van der Waals surface area (Å²) >= 11 is 5.65. The molecule has 0 amide bonds. The van der Waals surface area contributed by atoms with E-state index in [-0.39, 0.29) is 6.10 Å². The van der Waals surface area contributed by atoms with E-state index in [1.54, 1.807) is 0 Å². The third-order valence-electron chi connectivity index (χ3n) is 2.36. The largest absolute Gasteiger partial charge is 0.510 e. The smallest absolute Gasteiger partial charge is 0.431 e. The van der Waals surface area contributed by atoms with Crippen molar-refractivity contribution in [3.8, 4) is 0 Å². The van der Waals surface area contributed by atoms with E-state index in [9.17, 15) is 4.79 Å². The maximum atomic E-state index is 11.2. The Morgan fingerprint density at radius 3 is 2.64 bits per heavy atom. The lowest BCUT2D eigenvalue weighted by atomic mass is 9.98. The van der Waals surface area contributed by atoms with Crippen molar-refractivity contribution in [1.82, 2.24) is 0 Å². The van der Waals surface area contributed by atoms with Crippen LogP contribution in [0.15, 0.2) is 0 Å². The van der Waals surface area contributed by atoms with Gasteiger partial charge in [0.1, 0.15) is 6.10 Å². The molecule has 1 atom stereocenters. The van der Waals surface area contributed by atoms with Crippen molar-refractivity contribution in [3.05, 3.63) is 0 Å². The fraction of sp³-hybridized carbons (Fsp3) is 0.900. The Balaban J connectivity index is 2.18. The molecular weight excluding hydrogens is 204 g/mol. The van der Waals surface area contributed by atoms with Crippen LogP contribution in [0, 0.1) is 0 Å². The van der Waals surface area contributed by atoms with E-state index in [0.29, 0.717) is 6.42 Å². The zero-order valence-electron chi connectivity index (χ0n) is 8.50. The molecule has 0 aliphatic heterocycles. The summed E-state index contributed by atoms with van der Waals surface area (Å²) in [6, 6.07) is 0. The van der Waals surface area contributed by atoms with Crippen molar-refractivity contribution in [2.45, 2.75) is 57.1 Å². The fourth-order valence-electron chi connectivity index (χ4n) is 1.53. The monoisotopic (exact) mass is 220 g/mol. The van der Waals surface area contributed by atoms with Gasteiger partial charge in [0.05, 0.1) is 0 Å². The molecule has 0 radical (unpaired) electrons. The van der Waals surface area contributed by atoms with Crippen LogP contribution in [0.3, 0.4) is 0 Å². The Bertz CT molecular complexity index is 178. The third kappa shape index (κ3) is 4.18. The van der Waals surface area contributed by atoms with Crippen LogP contribution in [0.5, 0.6) is 0 Å². The molecule has 0 saturated heterocycles. The van der Waals surface area contributed by atoms with Gasteiger partial charge in [0, 0.05) is 0 Å². The number of halogens is 1. The van der Waals surface area contributed by atoms with E-state index < -0.39 is 11.7 Å². The fourth-order valence-corrected chi connectivity index (χ4v) is 1.61. The lowest BCUT2D eigenvalue weighted by Gasteiger charge is -2.21. The summed E-state index contributed by atoms with van der Waals surface area (Å²) in [6.07, 6.45) is 5.42. The van der Waals surface area contributed by atoms with Gasteiger partial charge in [-0.05, 0) is 32.1 Å². The standard InChI is InChI=1S/C10H17ClO3/c1-2-9(11)14-10(12)13-8-6-4-3-5-7-8/h8-9H,2-7H2,1H3. The predicted octanol–water partition coefficient (Wildman–Crippen LogP) is 3.45. The molecule has 0 aromatic rings. The van der Waals surface area contributed by atoms with Crippen molar-refractivity contribution in [3.63, 3.8) is 0 Å². The number of hydrogen-bond acceptors (Lipinski definition) is 3. The minimum absolute atomic E-state index is 0.0389. The molecule has 0 N–H and O–H groups in total. The van der Waals surface area contributed by atoms with Crippen LogP contribution in [-0.4, -0.2) is 17.8 Å². The predicted molar refractivity (Wildman–Crippen MR) is 54.4 cm³/mol. The first kappa shape index (κ1) is 11.6. The summed E-state index contributed by atoms with van der Waals surface area (Å²) in [4.78, 5) is 11.2. The van der Waals surface area contributed by atoms with Crippen molar-refractivity contribution in [1.29, 1.82) is 0 Å². The van der Waals surface area contributed by atoms with Gasteiger partial charge in [-0.2, -0.15) is 0 Å². The van der Waals surface area contributed by atoms with Gasteiger partial charge in [0.25, 0.3) is 0 Å². The summed E-state index contributed by atoms with van der Waals surface area (Å²) < 4.78 is 9.92. The van der Waals surface area contributed by atoms with Gasteiger partial charge in [0.2, 0.25) is 0 Å². The van der Waals surface area contributed by atoms with Gasteiger partial charge in [-0.15, -0.1) is 0 Å². The molecule has 1 saturated carbocycles. The van der Waals surface area contributed by atoms with Crippen LogP contribution in [0.25, 0.3) is 0 Å². The number of rotatable bonds is 3. The molecule has 1 fully saturated rings. The molecule has 14 heavy (non-hydrogen) atoms. The van der Waals surface area contributed by atoms with E-state index in [1.807, 2.05) is 6.92 Å². The van der Waals surface area contributed by atoms with E-state index in [2.05, 4.69) is 0 Å². The lowest BCUT2D eigenvalue weighted by Crippen LogP contribution is -2.23. The highest BCUT2D eigenvalue weighted by Crippen LogP contribution is 2.21. The summed E-state index contributed by atoms with van der Waals surface area (Å²) in [5, 5.41) is 0. The molecule has 0 aromatic heterocycles. The van der Waals surface area contributed by atoms with Crippen LogP contribution in [0.2, 0.25) is 0 Å². The average Bonchev–Trinajstić information content (AvgIpc) is 2.19. The van der Waals surface area contributed by atoms with Gasteiger partial charge in [-0.3, -0.25) is 0 Å². The van der Waals surface area contributed by atoms with E-state index in [1.165, 1.54) is 6.42 Å². The van der Waals surface area contributed by atoms with Gasteiger partial charge >= 0.3 is 6.16 Å². The SMILES string of the molecule is CCC(Cl)OC(=O)OC1CCCCC1. The summed E-state index contributed by atoms with van der Waals surface area (Å²) in [5.74, 6) is 0. The van der Waals surface area contributed by atoms with Crippen molar-refractivity contribution in [2.24, 2.45) is 0 Å². The maximum absolute atomic E-state index is 11.2. The van der Waals surface area contributed by atoms with Crippen LogP contribution in [-0.2, 0) is 9.47 Å². The second-order valence-electron chi connectivity index (χ2n) is 3.56. The number of carbonyl (C=O) groups excluding carboxylic acids is 1. The van der Waals surface area contributed by atoms with E-state index in [4.69, 9.17) is 21.1 Å². The number of alkyl halides is 1. The highest BCUT2D eigenvalue weighted by molar-refractivity contribution is 6.20. The van der Waals surface area contributed by atoms with Crippen molar-refractivity contribution in [2.75, 3.05) is 0 Å². The minimum atomic E-state index is -0.626. The van der Waals surface area contributed by atoms with Crippen molar-refractivity contribution >= 4 is 17.8 Å². The molecule has 0 heterocycles. The lowest BCUT2D eigenvalue weighted by molar-refractivity contribution is 0.00418. The maximum Gasteiger partial charge on any atom is 0.510 e. The van der Waals surface area contributed by atoms with Crippen LogP contribution in [0.4, 0.5) is 4.79 Å². The molecule has 1 aliphatic rings. The summed E-state index contributed by atoms with van der Waals surface area (Å²) in [7, 11) is 0. The van der Waals surface area contributed by atoms with Crippen molar-refractivity contribution < 1.29 is 14.3 Å². The zero-order chi connectivity index (χ0) is 10.4. The second-order valence-corrected chi connectivity index (χ2v) is 4.05. The first-order valence-corrected chi connectivity index (χ1v) is 5.67.